The lowest BCUT2D eigenvalue weighted by molar-refractivity contribution is 0.0427. The Kier molecular flexibility index (Phi) is 8.04. The Bertz CT molecular complexity index is 166. The van der Waals surface area contributed by atoms with E-state index in [4.69, 9.17) is 0 Å². The van der Waals surface area contributed by atoms with E-state index in [2.05, 4.69) is 33.0 Å². The van der Waals surface area contributed by atoms with Crippen molar-refractivity contribution in [3.8, 4) is 0 Å². The third-order valence-electron chi connectivity index (χ3n) is 3.08. The van der Waals surface area contributed by atoms with E-state index in [1.165, 1.54) is 19.3 Å². The zero-order valence-electron chi connectivity index (χ0n) is 11.8. The molecule has 0 aliphatic carbocycles. The van der Waals surface area contributed by atoms with Gasteiger partial charge in [-0.2, -0.15) is 0 Å². The average molecular weight is 229 g/mol. The Balaban J connectivity index is 3.71. The maximum absolute atomic E-state index is 10.2. The van der Waals surface area contributed by atoms with Crippen molar-refractivity contribution in [2.45, 2.75) is 78.4 Å². The summed E-state index contributed by atoms with van der Waals surface area (Å²) in [4.78, 5) is 0. The molecule has 0 aromatic heterocycles. The van der Waals surface area contributed by atoms with E-state index in [1.54, 1.807) is 0 Å². The van der Waals surface area contributed by atoms with E-state index in [0.717, 1.165) is 12.8 Å². The van der Waals surface area contributed by atoms with Crippen molar-refractivity contribution >= 4 is 0 Å². The summed E-state index contributed by atoms with van der Waals surface area (Å²) in [5.41, 5.74) is -0.551. The summed E-state index contributed by atoms with van der Waals surface area (Å²) in [6, 6.07) is 0.519. The second kappa shape index (κ2) is 8.08. The summed E-state index contributed by atoms with van der Waals surface area (Å²) in [5, 5.41) is 13.6. The molecule has 0 aliphatic heterocycles. The predicted octanol–water partition coefficient (Wildman–Crippen LogP) is 3.34. The van der Waals surface area contributed by atoms with Gasteiger partial charge in [0.1, 0.15) is 0 Å². The topological polar surface area (TPSA) is 32.3 Å². The first kappa shape index (κ1) is 15.9. The monoisotopic (exact) mass is 229 g/mol. The maximum Gasteiger partial charge on any atom is 0.0743 e. The third-order valence-corrected chi connectivity index (χ3v) is 3.08. The van der Waals surface area contributed by atoms with Crippen molar-refractivity contribution in [3.63, 3.8) is 0 Å². The van der Waals surface area contributed by atoms with Crippen LogP contribution >= 0.6 is 0 Å². The molecule has 2 atom stereocenters. The molecule has 0 spiro atoms. The molecule has 0 saturated carbocycles. The van der Waals surface area contributed by atoms with Crippen molar-refractivity contribution in [2.24, 2.45) is 5.92 Å². The van der Waals surface area contributed by atoms with E-state index in [9.17, 15) is 5.11 Å². The fourth-order valence-electron chi connectivity index (χ4n) is 1.69. The minimum absolute atomic E-state index is 0.519. The Labute approximate surface area is 102 Å². The lowest BCUT2D eigenvalue weighted by atomic mass is 9.95. The molecule has 0 radical (unpaired) electrons. The average Bonchev–Trinajstić information content (AvgIpc) is 2.21. The van der Waals surface area contributed by atoms with Crippen LogP contribution in [0.1, 0.15) is 66.7 Å². The van der Waals surface area contributed by atoms with E-state index < -0.39 is 5.60 Å². The van der Waals surface area contributed by atoms with Crippen LogP contribution in [0.15, 0.2) is 0 Å². The van der Waals surface area contributed by atoms with Gasteiger partial charge in [0.2, 0.25) is 0 Å². The number of unbranched alkanes of at least 4 members (excludes halogenated alkanes) is 1. The summed E-state index contributed by atoms with van der Waals surface area (Å²) >= 11 is 0. The van der Waals surface area contributed by atoms with Gasteiger partial charge >= 0.3 is 0 Å². The first-order valence-corrected chi connectivity index (χ1v) is 6.83. The summed E-state index contributed by atoms with van der Waals surface area (Å²) in [6.07, 6.45) is 5.70. The quantitative estimate of drug-likeness (QED) is 0.635. The van der Waals surface area contributed by atoms with Gasteiger partial charge in [0.05, 0.1) is 5.60 Å². The molecule has 2 N–H and O–H groups in total. The van der Waals surface area contributed by atoms with Gasteiger partial charge in [-0.1, -0.05) is 33.6 Å². The SMILES string of the molecule is CCCCC(C)NCC(C)(O)CCC(C)C. The standard InChI is InChI=1S/C14H31NO/c1-6-7-8-13(4)15-11-14(5,16)10-9-12(2)3/h12-13,15-16H,6-11H2,1-5H3. The van der Waals surface area contributed by atoms with Crippen LogP contribution in [-0.2, 0) is 0 Å². The fourth-order valence-corrected chi connectivity index (χ4v) is 1.69. The van der Waals surface area contributed by atoms with Crippen LogP contribution in [0.25, 0.3) is 0 Å². The van der Waals surface area contributed by atoms with Crippen LogP contribution in [0.4, 0.5) is 0 Å². The Hall–Kier alpha value is -0.0800. The molecule has 0 saturated heterocycles. The lowest BCUT2D eigenvalue weighted by Gasteiger charge is -2.26. The summed E-state index contributed by atoms with van der Waals surface area (Å²) < 4.78 is 0. The van der Waals surface area contributed by atoms with Gasteiger partial charge in [0, 0.05) is 12.6 Å². The first-order valence-electron chi connectivity index (χ1n) is 6.83. The highest BCUT2D eigenvalue weighted by Gasteiger charge is 2.20. The van der Waals surface area contributed by atoms with Gasteiger partial charge < -0.3 is 10.4 Å². The molecule has 0 heterocycles. The Morgan fingerprint density at radius 1 is 1.19 bits per heavy atom. The predicted molar refractivity (Wildman–Crippen MR) is 71.7 cm³/mol. The van der Waals surface area contributed by atoms with Crippen molar-refractivity contribution < 1.29 is 5.11 Å². The van der Waals surface area contributed by atoms with Crippen LogP contribution in [-0.4, -0.2) is 23.3 Å². The van der Waals surface area contributed by atoms with E-state index in [0.29, 0.717) is 18.5 Å². The maximum atomic E-state index is 10.2. The third kappa shape index (κ3) is 9.17. The highest BCUT2D eigenvalue weighted by molar-refractivity contribution is 4.77. The van der Waals surface area contributed by atoms with Crippen LogP contribution in [0.5, 0.6) is 0 Å². The molecular formula is C14H31NO. The van der Waals surface area contributed by atoms with Gasteiger partial charge in [0.25, 0.3) is 0 Å². The zero-order valence-corrected chi connectivity index (χ0v) is 11.8. The molecule has 0 rings (SSSR count). The second-order valence-electron chi connectivity index (χ2n) is 5.85. The summed E-state index contributed by atoms with van der Waals surface area (Å²) in [5.74, 6) is 0.670. The number of aliphatic hydroxyl groups is 1. The largest absolute Gasteiger partial charge is 0.389 e. The van der Waals surface area contributed by atoms with Crippen molar-refractivity contribution in [2.75, 3.05) is 6.54 Å². The molecule has 0 fully saturated rings. The van der Waals surface area contributed by atoms with Crippen LogP contribution in [0.2, 0.25) is 0 Å². The van der Waals surface area contributed by atoms with Gasteiger partial charge in [-0.15, -0.1) is 0 Å². The molecule has 2 nitrogen and oxygen atoms in total. The highest BCUT2D eigenvalue weighted by atomic mass is 16.3. The summed E-state index contributed by atoms with van der Waals surface area (Å²) in [7, 11) is 0. The van der Waals surface area contributed by atoms with Crippen LogP contribution in [0.3, 0.4) is 0 Å². The molecule has 0 aromatic carbocycles. The van der Waals surface area contributed by atoms with Crippen LogP contribution in [0, 0.1) is 5.92 Å². The van der Waals surface area contributed by atoms with Crippen molar-refractivity contribution in [1.29, 1.82) is 0 Å². The number of rotatable bonds is 9. The van der Waals surface area contributed by atoms with Crippen molar-refractivity contribution in [1.82, 2.24) is 5.32 Å². The zero-order chi connectivity index (χ0) is 12.6. The first-order chi connectivity index (χ1) is 7.37. The molecule has 2 unspecified atom stereocenters. The van der Waals surface area contributed by atoms with E-state index in [1.807, 2.05) is 6.92 Å². The molecule has 2 heteroatoms. The van der Waals surface area contributed by atoms with E-state index in [-0.39, 0.29) is 0 Å². The minimum Gasteiger partial charge on any atom is -0.389 e. The lowest BCUT2D eigenvalue weighted by Crippen LogP contribution is -2.41. The smallest absolute Gasteiger partial charge is 0.0743 e. The normalized spacial score (nSPS) is 17.4. The Morgan fingerprint density at radius 2 is 1.81 bits per heavy atom. The fraction of sp³-hybridized carbons (Fsp3) is 1.00. The van der Waals surface area contributed by atoms with Gasteiger partial charge in [-0.25, -0.2) is 0 Å². The molecule has 0 bridgehead atoms. The highest BCUT2D eigenvalue weighted by Crippen LogP contribution is 2.15. The molecule has 98 valence electrons. The van der Waals surface area contributed by atoms with Gasteiger partial charge in [0.15, 0.2) is 0 Å². The van der Waals surface area contributed by atoms with Gasteiger partial charge in [-0.05, 0) is 39.0 Å². The molecule has 16 heavy (non-hydrogen) atoms. The second-order valence-corrected chi connectivity index (χ2v) is 5.85. The van der Waals surface area contributed by atoms with Gasteiger partial charge in [-0.3, -0.25) is 0 Å². The number of nitrogens with one attached hydrogen (secondary N) is 1. The van der Waals surface area contributed by atoms with Crippen molar-refractivity contribution in [3.05, 3.63) is 0 Å². The Morgan fingerprint density at radius 3 is 2.31 bits per heavy atom. The molecular weight excluding hydrogens is 198 g/mol. The van der Waals surface area contributed by atoms with Crippen LogP contribution < -0.4 is 5.32 Å². The molecule has 0 amide bonds. The van der Waals surface area contributed by atoms with E-state index >= 15 is 0 Å². The number of hydrogen-bond acceptors (Lipinski definition) is 2. The minimum atomic E-state index is -0.551. The number of hydrogen-bond donors (Lipinski definition) is 2. The molecule has 0 aliphatic rings. The summed E-state index contributed by atoms with van der Waals surface area (Å²) in [6.45, 7) is 11.5. The molecule has 0 aromatic rings.